The highest BCUT2D eigenvalue weighted by Crippen LogP contribution is 2.37. The highest BCUT2D eigenvalue weighted by Gasteiger charge is 2.34. The van der Waals surface area contributed by atoms with Crippen LogP contribution in [-0.4, -0.2) is 48.2 Å². The van der Waals surface area contributed by atoms with Crippen LogP contribution in [0.5, 0.6) is 0 Å². The van der Waals surface area contributed by atoms with E-state index in [9.17, 15) is 13.5 Å². The predicted octanol–water partition coefficient (Wildman–Crippen LogP) is 0.725. The zero-order valence-corrected chi connectivity index (χ0v) is 12.3. The Kier molecular flexibility index (Phi) is 3.62. The molecule has 1 N–H and O–H groups in total. The number of morpholine rings is 1. The van der Waals surface area contributed by atoms with E-state index in [0.717, 1.165) is 12.8 Å². The molecule has 0 radical (unpaired) electrons. The van der Waals surface area contributed by atoms with Crippen molar-refractivity contribution in [2.45, 2.75) is 43.4 Å². The molecule has 1 aromatic rings. The summed E-state index contributed by atoms with van der Waals surface area (Å²) in [5, 5.41) is 9.39. The van der Waals surface area contributed by atoms with Crippen LogP contribution in [0.2, 0.25) is 0 Å². The van der Waals surface area contributed by atoms with E-state index in [1.54, 1.807) is 12.3 Å². The Balaban J connectivity index is 1.94. The molecule has 7 heteroatoms. The van der Waals surface area contributed by atoms with E-state index in [2.05, 4.69) is 0 Å². The van der Waals surface area contributed by atoms with Gasteiger partial charge in [-0.05, 0) is 25.8 Å². The molecule has 1 aromatic heterocycles. The first kappa shape index (κ1) is 14.1. The SMILES string of the molecule is CC1COCCN1S(=O)(=O)c1cc(CO)n(C2CC2)c1. The highest BCUT2D eigenvalue weighted by atomic mass is 32.2. The van der Waals surface area contributed by atoms with E-state index in [1.165, 1.54) is 4.31 Å². The van der Waals surface area contributed by atoms with Crippen molar-refractivity contribution in [1.29, 1.82) is 0 Å². The molecular weight excluding hydrogens is 280 g/mol. The van der Waals surface area contributed by atoms with Crippen molar-refractivity contribution in [2.75, 3.05) is 19.8 Å². The molecule has 1 aliphatic carbocycles. The maximum absolute atomic E-state index is 12.7. The number of sulfonamides is 1. The van der Waals surface area contributed by atoms with Crippen molar-refractivity contribution in [3.8, 4) is 0 Å². The third-order valence-corrected chi connectivity index (χ3v) is 5.90. The van der Waals surface area contributed by atoms with Gasteiger partial charge in [0.25, 0.3) is 0 Å². The number of hydrogen-bond donors (Lipinski definition) is 1. The second kappa shape index (κ2) is 5.14. The normalized spacial score (nSPS) is 25.0. The summed E-state index contributed by atoms with van der Waals surface area (Å²) in [7, 11) is -3.51. The van der Waals surface area contributed by atoms with Crippen LogP contribution in [0.4, 0.5) is 0 Å². The maximum Gasteiger partial charge on any atom is 0.244 e. The average Bonchev–Trinajstić information content (AvgIpc) is 3.17. The summed E-state index contributed by atoms with van der Waals surface area (Å²) in [6.07, 6.45) is 3.77. The van der Waals surface area contributed by atoms with Crippen LogP contribution < -0.4 is 0 Å². The van der Waals surface area contributed by atoms with Gasteiger partial charge in [-0.1, -0.05) is 0 Å². The van der Waals surface area contributed by atoms with Crippen molar-refractivity contribution >= 4 is 10.0 Å². The van der Waals surface area contributed by atoms with Gasteiger partial charge in [-0.15, -0.1) is 0 Å². The van der Waals surface area contributed by atoms with Crippen LogP contribution >= 0.6 is 0 Å². The lowest BCUT2D eigenvalue weighted by Crippen LogP contribution is -2.46. The summed E-state index contributed by atoms with van der Waals surface area (Å²) in [6, 6.07) is 1.79. The first-order valence-corrected chi connectivity index (χ1v) is 8.39. The average molecular weight is 300 g/mol. The lowest BCUT2D eigenvalue weighted by Gasteiger charge is -2.31. The van der Waals surface area contributed by atoms with Gasteiger partial charge in [-0.25, -0.2) is 8.42 Å². The van der Waals surface area contributed by atoms with E-state index in [1.807, 2.05) is 11.5 Å². The lowest BCUT2D eigenvalue weighted by molar-refractivity contribution is 0.0393. The van der Waals surface area contributed by atoms with Crippen molar-refractivity contribution in [3.05, 3.63) is 18.0 Å². The van der Waals surface area contributed by atoms with Gasteiger partial charge in [0.15, 0.2) is 0 Å². The number of nitrogens with zero attached hydrogens (tertiary/aromatic N) is 2. The topological polar surface area (TPSA) is 71.8 Å². The first-order chi connectivity index (χ1) is 9.54. The fraction of sp³-hybridized carbons (Fsp3) is 0.692. The fourth-order valence-electron chi connectivity index (χ4n) is 2.66. The molecule has 6 nitrogen and oxygen atoms in total. The van der Waals surface area contributed by atoms with Gasteiger partial charge in [0.1, 0.15) is 4.90 Å². The molecule has 0 spiro atoms. The largest absolute Gasteiger partial charge is 0.390 e. The molecule has 3 rings (SSSR count). The molecular formula is C13H20N2O4S. The quantitative estimate of drug-likeness (QED) is 0.889. The molecule has 2 heterocycles. The van der Waals surface area contributed by atoms with Crippen molar-refractivity contribution in [3.63, 3.8) is 0 Å². The number of aliphatic hydroxyl groups excluding tert-OH is 1. The summed E-state index contributed by atoms with van der Waals surface area (Å²) in [6.45, 7) is 2.95. The van der Waals surface area contributed by atoms with Crippen molar-refractivity contribution < 1.29 is 18.3 Å². The second-order valence-corrected chi connectivity index (χ2v) is 7.39. The van der Waals surface area contributed by atoms with E-state index in [4.69, 9.17) is 4.74 Å². The lowest BCUT2D eigenvalue weighted by atomic mass is 10.3. The molecule has 2 fully saturated rings. The van der Waals surface area contributed by atoms with Gasteiger partial charge < -0.3 is 14.4 Å². The van der Waals surface area contributed by atoms with Crippen LogP contribution in [-0.2, 0) is 21.4 Å². The Morgan fingerprint density at radius 1 is 1.45 bits per heavy atom. The number of ether oxygens (including phenoxy) is 1. The summed E-state index contributed by atoms with van der Waals surface area (Å²) in [5.74, 6) is 0. The Morgan fingerprint density at radius 3 is 2.80 bits per heavy atom. The number of aromatic nitrogens is 1. The van der Waals surface area contributed by atoms with Crippen molar-refractivity contribution in [1.82, 2.24) is 8.87 Å². The molecule has 1 unspecified atom stereocenters. The van der Waals surface area contributed by atoms with E-state index in [-0.39, 0.29) is 17.5 Å². The monoisotopic (exact) mass is 300 g/mol. The molecule has 1 saturated carbocycles. The number of rotatable bonds is 4. The maximum atomic E-state index is 12.7. The Bertz CT molecular complexity index is 592. The summed E-state index contributed by atoms with van der Waals surface area (Å²) < 4.78 is 34.1. The summed E-state index contributed by atoms with van der Waals surface area (Å²) >= 11 is 0. The second-order valence-electron chi connectivity index (χ2n) is 5.50. The van der Waals surface area contributed by atoms with Crippen LogP contribution in [0, 0.1) is 0 Å². The Hall–Kier alpha value is -0.890. The van der Waals surface area contributed by atoms with Gasteiger partial charge in [0, 0.05) is 30.5 Å². The van der Waals surface area contributed by atoms with Crippen LogP contribution in [0.3, 0.4) is 0 Å². The minimum absolute atomic E-state index is 0.134. The number of aliphatic hydroxyl groups is 1. The molecule has 0 aromatic carbocycles. The first-order valence-electron chi connectivity index (χ1n) is 6.95. The van der Waals surface area contributed by atoms with Gasteiger partial charge in [0.2, 0.25) is 10.0 Å². The molecule has 1 aliphatic heterocycles. The summed E-state index contributed by atoms with van der Waals surface area (Å²) in [5.41, 5.74) is 0.673. The highest BCUT2D eigenvalue weighted by molar-refractivity contribution is 7.89. The molecule has 0 amide bonds. The molecule has 112 valence electrons. The van der Waals surface area contributed by atoms with E-state index in [0.29, 0.717) is 31.5 Å². The van der Waals surface area contributed by atoms with Crippen LogP contribution in [0.25, 0.3) is 0 Å². The molecule has 1 atom stereocenters. The standard InChI is InChI=1S/C13H20N2O4S/c1-10-9-19-5-4-15(10)20(17,18)13-6-12(8-16)14(7-13)11-2-3-11/h6-7,10-11,16H,2-5,8-9H2,1H3. The Morgan fingerprint density at radius 2 is 2.20 bits per heavy atom. The number of hydrogen-bond acceptors (Lipinski definition) is 4. The molecule has 2 aliphatic rings. The van der Waals surface area contributed by atoms with Gasteiger partial charge in [-0.2, -0.15) is 4.31 Å². The molecule has 20 heavy (non-hydrogen) atoms. The van der Waals surface area contributed by atoms with Gasteiger partial charge in [0.05, 0.1) is 19.8 Å². The van der Waals surface area contributed by atoms with Gasteiger partial charge >= 0.3 is 0 Å². The fourth-order valence-corrected chi connectivity index (χ4v) is 4.31. The third kappa shape index (κ3) is 2.39. The Labute approximate surface area is 119 Å². The minimum atomic E-state index is -3.51. The van der Waals surface area contributed by atoms with Crippen molar-refractivity contribution in [2.24, 2.45) is 0 Å². The smallest absolute Gasteiger partial charge is 0.244 e. The molecule has 0 bridgehead atoms. The summed E-state index contributed by atoms with van der Waals surface area (Å²) in [4.78, 5) is 0.280. The van der Waals surface area contributed by atoms with Crippen LogP contribution in [0.15, 0.2) is 17.2 Å². The zero-order valence-electron chi connectivity index (χ0n) is 11.5. The zero-order chi connectivity index (χ0) is 14.3. The van der Waals surface area contributed by atoms with E-state index >= 15 is 0 Å². The predicted molar refractivity (Wildman–Crippen MR) is 72.8 cm³/mol. The molecule has 1 saturated heterocycles. The minimum Gasteiger partial charge on any atom is -0.390 e. The van der Waals surface area contributed by atoms with Gasteiger partial charge in [-0.3, -0.25) is 0 Å². The third-order valence-electron chi connectivity index (χ3n) is 3.92. The van der Waals surface area contributed by atoms with Crippen LogP contribution in [0.1, 0.15) is 31.5 Å². The van der Waals surface area contributed by atoms with E-state index < -0.39 is 10.0 Å².